The molecule has 0 saturated carbocycles. The topological polar surface area (TPSA) is 79.4 Å². The second-order valence-corrected chi connectivity index (χ2v) is 10.1. The monoisotopic (exact) mass is 493 g/mol. The molecule has 5 rings (SSSR count). The van der Waals surface area contributed by atoms with Gasteiger partial charge in [0.05, 0.1) is 28.3 Å². The largest absolute Gasteiger partial charge is 0.321 e. The minimum Gasteiger partial charge on any atom is -0.321 e. The Labute approximate surface area is 209 Å². The first-order valence-electron chi connectivity index (χ1n) is 11.4. The fourth-order valence-corrected chi connectivity index (χ4v) is 5.49. The number of fused-ring (bicyclic) bond motifs is 1. The van der Waals surface area contributed by atoms with E-state index in [-0.39, 0.29) is 17.0 Å². The van der Waals surface area contributed by atoms with E-state index >= 15 is 0 Å². The van der Waals surface area contributed by atoms with E-state index in [0.29, 0.717) is 11.4 Å². The second kappa shape index (κ2) is 10.0. The molecule has 1 amide bonds. The Morgan fingerprint density at radius 3 is 2.28 bits per heavy atom. The van der Waals surface area contributed by atoms with E-state index in [1.165, 1.54) is 16.4 Å². The molecule has 6 nitrogen and oxygen atoms in total. The fraction of sp³-hybridized carbons (Fsp3) is 0.0345. The Hall–Kier alpha value is -4.49. The average Bonchev–Trinajstić information content (AvgIpc) is 2.93. The number of amides is 1. The van der Waals surface area contributed by atoms with E-state index in [0.717, 1.165) is 16.5 Å². The maximum absolute atomic E-state index is 13.8. The zero-order chi connectivity index (χ0) is 25.0. The fourth-order valence-electron chi connectivity index (χ4n) is 3.99. The van der Waals surface area contributed by atoms with Crippen LogP contribution in [0, 0.1) is 0 Å². The molecule has 178 valence electrons. The number of hydrogen-bond donors (Lipinski definition) is 1. The summed E-state index contributed by atoms with van der Waals surface area (Å²) < 4.78 is 29.0. The van der Waals surface area contributed by atoms with Gasteiger partial charge in [-0.3, -0.25) is 14.1 Å². The van der Waals surface area contributed by atoms with Crippen molar-refractivity contribution in [2.75, 3.05) is 9.62 Å². The summed E-state index contributed by atoms with van der Waals surface area (Å²) in [5.74, 6) is -0.405. The number of carbonyl (C=O) groups excluding carboxylic acids is 1. The molecular weight excluding hydrogens is 470 g/mol. The average molecular weight is 494 g/mol. The van der Waals surface area contributed by atoms with Crippen LogP contribution in [0.5, 0.6) is 0 Å². The SMILES string of the molecule is O=C(Nc1cccc2ncccc12)c1cccc(S(=O)(=O)N(Cc2ccccc2)c2ccccc2)c1. The first-order chi connectivity index (χ1) is 17.5. The van der Waals surface area contributed by atoms with Crippen LogP contribution in [0.15, 0.2) is 126 Å². The Kier molecular flexibility index (Phi) is 6.47. The number of carbonyl (C=O) groups is 1. The van der Waals surface area contributed by atoms with E-state index in [4.69, 9.17) is 0 Å². The second-order valence-electron chi connectivity index (χ2n) is 8.19. The number of para-hydroxylation sites is 1. The van der Waals surface area contributed by atoms with Gasteiger partial charge < -0.3 is 5.32 Å². The lowest BCUT2D eigenvalue weighted by molar-refractivity contribution is 0.102. The number of rotatable bonds is 7. The zero-order valence-corrected chi connectivity index (χ0v) is 20.1. The molecular formula is C29H23N3O3S. The standard InChI is InChI=1S/C29H23N3O3S/c33-29(31-28-18-8-17-27-26(28)16-9-19-30-27)23-12-7-15-25(20-23)36(34,35)32(24-13-5-2-6-14-24)21-22-10-3-1-4-11-22/h1-20H,21H2,(H,31,33). The Balaban J connectivity index is 1.48. The van der Waals surface area contributed by atoms with Gasteiger partial charge in [-0.15, -0.1) is 0 Å². The highest BCUT2D eigenvalue weighted by molar-refractivity contribution is 7.92. The van der Waals surface area contributed by atoms with Crippen LogP contribution in [0.4, 0.5) is 11.4 Å². The van der Waals surface area contributed by atoms with Crippen molar-refractivity contribution in [1.29, 1.82) is 0 Å². The van der Waals surface area contributed by atoms with Crippen LogP contribution in [0.3, 0.4) is 0 Å². The predicted molar refractivity (Wildman–Crippen MR) is 142 cm³/mol. The number of aromatic nitrogens is 1. The minimum atomic E-state index is -3.97. The molecule has 0 aliphatic carbocycles. The van der Waals surface area contributed by atoms with Gasteiger partial charge in [0.25, 0.3) is 15.9 Å². The van der Waals surface area contributed by atoms with Crippen LogP contribution < -0.4 is 9.62 Å². The number of nitrogens with one attached hydrogen (secondary N) is 1. The lowest BCUT2D eigenvalue weighted by atomic mass is 10.1. The van der Waals surface area contributed by atoms with Gasteiger partial charge in [0, 0.05) is 17.1 Å². The molecule has 1 aromatic heterocycles. The Morgan fingerprint density at radius 1 is 0.778 bits per heavy atom. The van der Waals surface area contributed by atoms with Gasteiger partial charge in [0.1, 0.15) is 0 Å². The van der Waals surface area contributed by atoms with E-state index in [1.54, 1.807) is 54.7 Å². The molecule has 7 heteroatoms. The van der Waals surface area contributed by atoms with Gasteiger partial charge in [-0.1, -0.05) is 60.7 Å². The third-order valence-electron chi connectivity index (χ3n) is 5.79. The Bertz CT molecular complexity index is 1620. The zero-order valence-electron chi connectivity index (χ0n) is 19.3. The normalized spacial score (nSPS) is 11.2. The van der Waals surface area contributed by atoms with Crippen molar-refractivity contribution in [1.82, 2.24) is 4.98 Å². The molecule has 0 atom stereocenters. The van der Waals surface area contributed by atoms with Crippen molar-refractivity contribution < 1.29 is 13.2 Å². The van der Waals surface area contributed by atoms with E-state index < -0.39 is 15.9 Å². The highest BCUT2D eigenvalue weighted by Gasteiger charge is 2.26. The summed E-state index contributed by atoms with van der Waals surface area (Å²) in [6, 6.07) is 33.6. The summed E-state index contributed by atoms with van der Waals surface area (Å²) in [4.78, 5) is 17.5. The van der Waals surface area contributed by atoms with E-state index in [1.807, 2.05) is 54.6 Å². The third-order valence-corrected chi connectivity index (χ3v) is 7.56. The van der Waals surface area contributed by atoms with Crippen LogP contribution in [-0.4, -0.2) is 19.3 Å². The van der Waals surface area contributed by atoms with Gasteiger partial charge in [-0.05, 0) is 60.2 Å². The first-order valence-corrected chi connectivity index (χ1v) is 12.8. The van der Waals surface area contributed by atoms with Crippen LogP contribution in [0.25, 0.3) is 10.9 Å². The molecule has 0 unspecified atom stereocenters. The Morgan fingerprint density at radius 2 is 1.50 bits per heavy atom. The van der Waals surface area contributed by atoms with Gasteiger partial charge >= 0.3 is 0 Å². The van der Waals surface area contributed by atoms with Crippen LogP contribution >= 0.6 is 0 Å². The lowest BCUT2D eigenvalue weighted by Crippen LogP contribution is -2.30. The van der Waals surface area contributed by atoms with E-state index in [2.05, 4.69) is 10.3 Å². The van der Waals surface area contributed by atoms with Crippen molar-refractivity contribution in [2.45, 2.75) is 11.4 Å². The lowest BCUT2D eigenvalue weighted by Gasteiger charge is -2.25. The smallest absolute Gasteiger partial charge is 0.264 e. The van der Waals surface area contributed by atoms with Crippen molar-refractivity contribution in [2.24, 2.45) is 0 Å². The van der Waals surface area contributed by atoms with Crippen molar-refractivity contribution >= 4 is 38.2 Å². The molecule has 0 spiro atoms. The molecule has 0 saturated heterocycles. The molecule has 0 aliphatic heterocycles. The minimum absolute atomic E-state index is 0.0366. The summed E-state index contributed by atoms with van der Waals surface area (Å²) in [5.41, 5.74) is 2.99. The molecule has 4 aromatic carbocycles. The van der Waals surface area contributed by atoms with Gasteiger partial charge in [0.15, 0.2) is 0 Å². The quantitative estimate of drug-likeness (QED) is 0.307. The maximum Gasteiger partial charge on any atom is 0.264 e. The highest BCUT2D eigenvalue weighted by atomic mass is 32.2. The van der Waals surface area contributed by atoms with Crippen molar-refractivity contribution in [3.05, 3.63) is 133 Å². The highest BCUT2D eigenvalue weighted by Crippen LogP contribution is 2.27. The predicted octanol–water partition coefficient (Wildman–Crippen LogP) is 5.88. The molecule has 5 aromatic rings. The molecule has 0 aliphatic rings. The number of anilines is 2. The third kappa shape index (κ3) is 4.82. The van der Waals surface area contributed by atoms with Crippen LogP contribution in [0.2, 0.25) is 0 Å². The van der Waals surface area contributed by atoms with Crippen molar-refractivity contribution in [3.63, 3.8) is 0 Å². The van der Waals surface area contributed by atoms with E-state index in [9.17, 15) is 13.2 Å². The molecule has 0 radical (unpaired) electrons. The van der Waals surface area contributed by atoms with Crippen molar-refractivity contribution in [3.8, 4) is 0 Å². The van der Waals surface area contributed by atoms with Gasteiger partial charge in [-0.2, -0.15) is 0 Å². The number of nitrogens with zero attached hydrogens (tertiary/aromatic N) is 2. The summed E-state index contributed by atoms with van der Waals surface area (Å²) in [7, 11) is -3.97. The number of pyridine rings is 1. The van der Waals surface area contributed by atoms with Gasteiger partial charge in [-0.25, -0.2) is 8.42 Å². The van der Waals surface area contributed by atoms with Crippen LogP contribution in [0.1, 0.15) is 15.9 Å². The summed E-state index contributed by atoms with van der Waals surface area (Å²) in [6.45, 7) is 0.159. The maximum atomic E-state index is 13.8. The number of hydrogen-bond acceptors (Lipinski definition) is 4. The van der Waals surface area contributed by atoms with Gasteiger partial charge in [0.2, 0.25) is 0 Å². The molecule has 1 heterocycles. The number of sulfonamides is 1. The van der Waals surface area contributed by atoms with Crippen LogP contribution in [-0.2, 0) is 16.6 Å². The first kappa shape index (κ1) is 23.3. The molecule has 0 fully saturated rings. The summed E-state index contributed by atoms with van der Waals surface area (Å²) >= 11 is 0. The molecule has 0 bridgehead atoms. The molecule has 36 heavy (non-hydrogen) atoms. The molecule has 1 N–H and O–H groups in total. The number of benzene rings is 4. The summed E-state index contributed by atoms with van der Waals surface area (Å²) in [5, 5.41) is 3.69. The summed E-state index contributed by atoms with van der Waals surface area (Å²) in [6.07, 6.45) is 1.69.